The SMILES string of the molecule is CC(C)(N)c1cn(-c2cc(I)ccc2Cl)nn1. The summed E-state index contributed by atoms with van der Waals surface area (Å²) in [7, 11) is 0. The molecule has 0 aliphatic rings. The number of hydrogen-bond acceptors (Lipinski definition) is 3. The predicted octanol–water partition coefficient (Wildman–Crippen LogP) is 2.72. The van der Waals surface area contributed by atoms with Crippen LogP contribution in [0.5, 0.6) is 0 Å². The van der Waals surface area contributed by atoms with E-state index in [9.17, 15) is 0 Å². The van der Waals surface area contributed by atoms with Crippen LogP contribution in [0.15, 0.2) is 24.4 Å². The summed E-state index contributed by atoms with van der Waals surface area (Å²) in [6.07, 6.45) is 1.80. The van der Waals surface area contributed by atoms with Crippen molar-refractivity contribution in [2.24, 2.45) is 5.73 Å². The van der Waals surface area contributed by atoms with Gasteiger partial charge in [0.15, 0.2) is 0 Å². The normalized spacial score (nSPS) is 11.8. The number of benzene rings is 1. The van der Waals surface area contributed by atoms with Crippen LogP contribution in [0, 0.1) is 3.57 Å². The highest BCUT2D eigenvalue weighted by Gasteiger charge is 2.19. The number of nitrogens with zero attached hydrogens (tertiary/aromatic N) is 3. The second-order valence-electron chi connectivity index (χ2n) is 4.37. The Hall–Kier alpha value is -0.660. The number of aromatic nitrogens is 3. The zero-order valence-corrected chi connectivity index (χ0v) is 12.4. The first-order chi connectivity index (χ1) is 7.88. The molecule has 2 N–H and O–H groups in total. The van der Waals surface area contributed by atoms with Gasteiger partial charge in [0.2, 0.25) is 0 Å². The van der Waals surface area contributed by atoms with E-state index in [0.29, 0.717) is 5.02 Å². The molecule has 6 heteroatoms. The van der Waals surface area contributed by atoms with E-state index in [0.717, 1.165) is 15.0 Å². The zero-order chi connectivity index (χ0) is 12.6. The van der Waals surface area contributed by atoms with Gasteiger partial charge in [-0.05, 0) is 54.6 Å². The lowest BCUT2D eigenvalue weighted by molar-refractivity contribution is 0.533. The monoisotopic (exact) mass is 362 g/mol. The van der Waals surface area contributed by atoms with E-state index >= 15 is 0 Å². The van der Waals surface area contributed by atoms with E-state index in [1.165, 1.54) is 0 Å². The maximum absolute atomic E-state index is 6.13. The predicted molar refractivity (Wildman–Crippen MR) is 76.3 cm³/mol. The van der Waals surface area contributed by atoms with E-state index in [1.54, 1.807) is 10.9 Å². The highest BCUT2D eigenvalue weighted by atomic mass is 127. The average molecular weight is 363 g/mol. The number of hydrogen-bond donors (Lipinski definition) is 1. The zero-order valence-electron chi connectivity index (χ0n) is 9.48. The Morgan fingerprint density at radius 3 is 2.71 bits per heavy atom. The molecule has 0 spiro atoms. The fourth-order valence-electron chi connectivity index (χ4n) is 1.34. The Labute approximate surface area is 118 Å². The minimum absolute atomic E-state index is 0.507. The molecule has 0 aliphatic carbocycles. The molecule has 0 fully saturated rings. The fraction of sp³-hybridized carbons (Fsp3) is 0.273. The van der Waals surface area contributed by atoms with Gasteiger partial charge in [-0.1, -0.05) is 16.8 Å². The van der Waals surface area contributed by atoms with Gasteiger partial charge >= 0.3 is 0 Å². The largest absolute Gasteiger partial charge is 0.320 e. The summed E-state index contributed by atoms with van der Waals surface area (Å²) in [6, 6.07) is 5.73. The molecule has 2 aromatic rings. The Morgan fingerprint density at radius 1 is 1.41 bits per heavy atom. The van der Waals surface area contributed by atoms with E-state index in [2.05, 4.69) is 32.9 Å². The molecule has 4 nitrogen and oxygen atoms in total. The van der Waals surface area contributed by atoms with Crippen LogP contribution in [0.1, 0.15) is 19.5 Å². The Kier molecular flexibility index (Phi) is 3.42. The summed E-state index contributed by atoms with van der Waals surface area (Å²) >= 11 is 8.36. The van der Waals surface area contributed by atoms with Crippen molar-refractivity contribution in [3.05, 3.63) is 38.7 Å². The minimum Gasteiger partial charge on any atom is -0.320 e. The first-order valence-corrected chi connectivity index (χ1v) is 6.51. The Bertz CT molecular complexity index is 545. The molecule has 0 aliphatic heterocycles. The second-order valence-corrected chi connectivity index (χ2v) is 6.02. The van der Waals surface area contributed by atoms with Crippen molar-refractivity contribution < 1.29 is 0 Å². The van der Waals surface area contributed by atoms with E-state index < -0.39 is 5.54 Å². The molecule has 0 saturated carbocycles. The fourth-order valence-corrected chi connectivity index (χ4v) is 2.02. The molecule has 1 aromatic heterocycles. The van der Waals surface area contributed by atoms with Crippen molar-refractivity contribution in [1.29, 1.82) is 0 Å². The summed E-state index contributed by atoms with van der Waals surface area (Å²) in [6.45, 7) is 3.77. The quantitative estimate of drug-likeness (QED) is 0.836. The van der Waals surface area contributed by atoms with E-state index in [4.69, 9.17) is 17.3 Å². The summed E-state index contributed by atoms with van der Waals surface area (Å²) in [4.78, 5) is 0. The van der Waals surface area contributed by atoms with Crippen LogP contribution >= 0.6 is 34.2 Å². The summed E-state index contributed by atoms with van der Waals surface area (Å²) in [5, 5.41) is 8.75. The molecule has 0 bridgehead atoms. The molecule has 90 valence electrons. The number of rotatable bonds is 2. The third kappa shape index (κ3) is 2.78. The topological polar surface area (TPSA) is 56.7 Å². The molecule has 17 heavy (non-hydrogen) atoms. The minimum atomic E-state index is -0.507. The maximum atomic E-state index is 6.13. The highest BCUT2D eigenvalue weighted by molar-refractivity contribution is 14.1. The average Bonchev–Trinajstić information content (AvgIpc) is 2.70. The lowest BCUT2D eigenvalue weighted by atomic mass is 10.0. The molecule has 0 unspecified atom stereocenters. The first kappa shape index (κ1) is 12.8. The van der Waals surface area contributed by atoms with Crippen LogP contribution in [0.2, 0.25) is 5.02 Å². The van der Waals surface area contributed by atoms with Gasteiger partial charge in [0.05, 0.1) is 22.4 Å². The van der Waals surface area contributed by atoms with Gasteiger partial charge in [-0.2, -0.15) is 0 Å². The standard InChI is InChI=1S/C11H12ClIN4/c1-11(2,14)10-6-17(16-15-10)9-5-7(13)3-4-8(9)12/h3-6H,14H2,1-2H3. The first-order valence-electron chi connectivity index (χ1n) is 5.05. The van der Waals surface area contributed by atoms with Gasteiger partial charge in [-0.3, -0.25) is 0 Å². The van der Waals surface area contributed by atoms with Crippen LogP contribution in [-0.2, 0) is 5.54 Å². The van der Waals surface area contributed by atoms with Gasteiger partial charge < -0.3 is 5.73 Å². The van der Waals surface area contributed by atoms with E-state index in [1.807, 2.05) is 32.0 Å². The lowest BCUT2D eigenvalue weighted by Gasteiger charge is -2.13. The third-order valence-corrected chi connectivity index (χ3v) is 3.30. The number of halogens is 2. The van der Waals surface area contributed by atoms with Gasteiger partial charge in [0.25, 0.3) is 0 Å². The molecule has 2 rings (SSSR count). The Balaban J connectivity index is 2.47. The molecular weight excluding hydrogens is 351 g/mol. The van der Waals surface area contributed by atoms with Crippen LogP contribution in [0.25, 0.3) is 5.69 Å². The van der Waals surface area contributed by atoms with Crippen molar-refractivity contribution in [3.63, 3.8) is 0 Å². The van der Waals surface area contributed by atoms with Crippen molar-refractivity contribution in [3.8, 4) is 5.69 Å². The maximum Gasteiger partial charge on any atom is 0.102 e. The highest BCUT2D eigenvalue weighted by Crippen LogP contribution is 2.23. The van der Waals surface area contributed by atoms with Gasteiger partial charge in [-0.25, -0.2) is 4.68 Å². The van der Waals surface area contributed by atoms with Gasteiger partial charge in [0.1, 0.15) is 5.69 Å². The Morgan fingerprint density at radius 2 is 2.12 bits per heavy atom. The van der Waals surface area contributed by atoms with Crippen molar-refractivity contribution in [2.45, 2.75) is 19.4 Å². The lowest BCUT2D eigenvalue weighted by Crippen LogP contribution is -2.29. The van der Waals surface area contributed by atoms with E-state index in [-0.39, 0.29) is 0 Å². The molecule has 0 amide bonds. The molecule has 0 atom stereocenters. The van der Waals surface area contributed by atoms with Crippen molar-refractivity contribution in [2.75, 3.05) is 0 Å². The number of nitrogens with two attached hydrogens (primary N) is 1. The molecule has 1 aromatic carbocycles. The summed E-state index contributed by atoms with van der Waals surface area (Å²) in [5.41, 5.74) is 6.99. The smallest absolute Gasteiger partial charge is 0.102 e. The van der Waals surface area contributed by atoms with Crippen molar-refractivity contribution in [1.82, 2.24) is 15.0 Å². The third-order valence-electron chi connectivity index (χ3n) is 2.31. The summed E-state index contributed by atoms with van der Waals surface area (Å²) in [5.74, 6) is 0. The molecule has 1 heterocycles. The molecular formula is C11H12ClIN4. The molecule has 0 radical (unpaired) electrons. The second kappa shape index (κ2) is 4.55. The van der Waals surface area contributed by atoms with Crippen LogP contribution in [0.3, 0.4) is 0 Å². The van der Waals surface area contributed by atoms with Gasteiger partial charge in [0, 0.05) is 3.57 Å². The van der Waals surface area contributed by atoms with Crippen molar-refractivity contribution >= 4 is 34.2 Å². The van der Waals surface area contributed by atoms with Crippen LogP contribution in [-0.4, -0.2) is 15.0 Å². The van der Waals surface area contributed by atoms with Gasteiger partial charge in [-0.15, -0.1) is 5.10 Å². The van der Waals surface area contributed by atoms with Crippen LogP contribution in [0.4, 0.5) is 0 Å². The van der Waals surface area contributed by atoms with Crippen LogP contribution < -0.4 is 5.73 Å². The molecule has 0 saturated heterocycles. The summed E-state index contributed by atoms with van der Waals surface area (Å²) < 4.78 is 2.74.